The fourth-order valence-electron chi connectivity index (χ4n) is 3.81. The number of hydrogen-bond acceptors (Lipinski definition) is 3. The van der Waals surface area contributed by atoms with Crippen molar-refractivity contribution >= 4 is 11.9 Å². The van der Waals surface area contributed by atoms with Crippen LogP contribution in [0, 0.1) is 11.8 Å². The Morgan fingerprint density at radius 2 is 1.97 bits per heavy atom. The van der Waals surface area contributed by atoms with Gasteiger partial charge in [0.15, 0.2) is 5.96 Å². The Labute approximate surface area is 176 Å². The summed E-state index contributed by atoms with van der Waals surface area (Å²) in [7, 11) is 6.05. The molecule has 2 unspecified atom stereocenters. The SMILES string of the molecule is CN=C(NCC1CC(=O)N(CCc2ccccc2)C1)NCC(CC(C)C)N(C)C. The quantitative estimate of drug-likeness (QED) is 0.466. The van der Waals surface area contributed by atoms with Crippen molar-refractivity contribution in [3.05, 3.63) is 35.9 Å². The van der Waals surface area contributed by atoms with Crippen molar-refractivity contribution in [2.75, 3.05) is 47.3 Å². The zero-order valence-electron chi connectivity index (χ0n) is 18.8. The van der Waals surface area contributed by atoms with Crippen LogP contribution < -0.4 is 10.6 Å². The van der Waals surface area contributed by atoms with Gasteiger partial charge in [-0.1, -0.05) is 44.2 Å². The number of likely N-dealkylation sites (N-methyl/N-ethyl adjacent to an activating group) is 1. The summed E-state index contributed by atoms with van der Waals surface area (Å²) in [5.74, 6) is 2.07. The normalized spacial score (nSPS) is 18.6. The van der Waals surface area contributed by atoms with E-state index in [0.29, 0.717) is 24.3 Å². The second-order valence-corrected chi connectivity index (χ2v) is 8.73. The lowest BCUT2D eigenvalue weighted by molar-refractivity contribution is -0.127. The molecule has 0 aromatic heterocycles. The lowest BCUT2D eigenvalue weighted by Gasteiger charge is -2.27. The molecule has 1 aromatic rings. The number of aliphatic imine (C=N–C) groups is 1. The summed E-state index contributed by atoms with van der Waals surface area (Å²) in [4.78, 5) is 21.0. The molecular formula is C23H39N5O. The third kappa shape index (κ3) is 8.05. The first-order chi connectivity index (χ1) is 13.9. The number of benzene rings is 1. The summed E-state index contributed by atoms with van der Waals surface area (Å²) < 4.78 is 0. The van der Waals surface area contributed by atoms with Crippen molar-refractivity contribution < 1.29 is 4.79 Å². The third-order valence-electron chi connectivity index (χ3n) is 5.57. The highest BCUT2D eigenvalue weighted by Gasteiger charge is 2.29. The Kier molecular flexibility index (Phi) is 9.45. The van der Waals surface area contributed by atoms with Crippen LogP contribution in [0.15, 0.2) is 35.3 Å². The van der Waals surface area contributed by atoms with Crippen LogP contribution in [0.4, 0.5) is 0 Å². The summed E-state index contributed by atoms with van der Waals surface area (Å²) in [5, 5.41) is 6.86. The zero-order chi connectivity index (χ0) is 21.2. The average Bonchev–Trinajstić information content (AvgIpc) is 3.05. The molecular weight excluding hydrogens is 362 g/mol. The number of amides is 1. The van der Waals surface area contributed by atoms with E-state index in [0.717, 1.165) is 45.0 Å². The Hall–Kier alpha value is -2.08. The van der Waals surface area contributed by atoms with Crippen molar-refractivity contribution in [2.24, 2.45) is 16.8 Å². The minimum absolute atomic E-state index is 0.264. The molecule has 1 fully saturated rings. The number of guanidine groups is 1. The van der Waals surface area contributed by atoms with Crippen molar-refractivity contribution in [3.8, 4) is 0 Å². The maximum absolute atomic E-state index is 12.4. The number of carbonyl (C=O) groups is 1. The number of nitrogens with zero attached hydrogens (tertiary/aromatic N) is 3. The van der Waals surface area contributed by atoms with Crippen LogP contribution in [0.1, 0.15) is 32.3 Å². The first-order valence-corrected chi connectivity index (χ1v) is 10.8. The van der Waals surface area contributed by atoms with Crippen molar-refractivity contribution in [1.29, 1.82) is 0 Å². The summed E-state index contributed by atoms with van der Waals surface area (Å²) in [6.07, 6.45) is 2.68. The van der Waals surface area contributed by atoms with E-state index in [-0.39, 0.29) is 5.91 Å². The second-order valence-electron chi connectivity index (χ2n) is 8.73. The van der Waals surface area contributed by atoms with Gasteiger partial charge in [0.05, 0.1) is 0 Å². The number of nitrogens with one attached hydrogen (secondary N) is 2. The van der Waals surface area contributed by atoms with Crippen LogP contribution >= 0.6 is 0 Å². The molecule has 0 radical (unpaired) electrons. The van der Waals surface area contributed by atoms with Crippen molar-refractivity contribution in [2.45, 2.75) is 39.2 Å². The molecule has 1 aromatic carbocycles. The van der Waals surface area contributed by atoms with Crippen LogP contribution in [-0.2, 0) is 11.2 Å². The zero-order valence-corrected chi connectivity index (χ0v) is 18.8. The maximum atomic E-state index is 12.4. The van der Waals surface area contributed by atoms with E-state index < -0.39 is 0 Å². The maximum Gasteiger partial charge on any atom is 0.223 e. The molecule has 2 N–H and O–H groups in total. The highest BCUT2D eigenvalue weighted by Crippen LogP contribution is 2.17. The number of likely N-dealkylation sites (tertiary alicyclic amines) is 1. The molecule has 1 aliphatic rings. The third-order valence-corrected chi connectivity index (χ3v) is 5.57. The van der Waals surface area contributed by atoms with E-state index in [4.69, 9.17) is 0 Å². The van der Waals surface area contributed by atoms with Gasteiger partial charge in [0, 0.05) is 51.6 Å². The molecule has 162 valence electrons. The Morgan fingerprint density at radius 3 is 2.59 bits per heavy atom. The monoisotopic (exact) mass is 401 g/mol. The molecule has 1 saturated heterocycles. The first-order valence-electron chi connectivity index (χ1n) is 10.8. The van der Waals surface area contributed by atoms with Gasteiger partial charge in [0.2, 0.25) is 5.91 Å². The van der Waals surface area contributed by atoms with E-state index >= 15 is 0 Å². The largest absolute Gasteiger partial charge is 0.356 e. The van der Waals surface area contributed by atoms with Gasteiger partial charge in [-0.15, -0.1) is 0 Å². The van der Waals surface area contributed by atoms with Gasteiger partial charge in [-0.25, -0.2) is 0 Å². The van der Waals surface area contributed by atoms with Gasteiger partial charge in [-0.2, -0.15) is 0 Å². The molecule has 1 amide bonds. The van der Waals surface area contributed by atoms with Crippen LogP contribution in [-0.4, -0.2) is 75.0 Å². The van der Waals surface area contributed by atoms with Crippen LogP contribution in [0.3, 0.4) is 0 Å². The van der Waals surface area contributed by atoms with E-state index in [1.165, 1.54) is 5.56 Å². The predicted octanol–water partition coefficient (Wildman–Crippen LogP) is 2.22. The van der Waals surface area contributed by atoms with Gasteiger partial charge in [0.25, 0.3) is 0 Å². The molecule has 0 spiro atoms. The van der Waals surface area contributed by atoms with Gasteiger partial charge >= 0.3 is 0 Å². The van der Waals surface area contributed by atoms with Gasteiger partial charge < -0.3 is 20.4 Å². The highest BCUT2D eigenvalue weighted by atomic mass is 16.2. The fourth-order valence-corrected chi connectivity index (χ4v) is 3.81. The van der Waals surface area contributed by atoms with Gasteiger partial charge in [-0.3, -0.25) is 9.79 Å². The van der Waals surface area contributed by atoms with Gasteiger partial charge in [0.1, 0.15) is 0 Å². The van der Waals surface area contributed by atoms with E-state index in [1.807, 2.05) is 11.0 Å². The summed E-state index contributed by atoms with van der Waals surface area (Å²) in [6.45, 7) is 7.76. The Morgan fingerprint density at radius 1 is 1.24 bits per heavy atom. The fraction of sp³-hybridized carbons (Fsp3) is 0.652. The predicted molar refractivity (Wildman–Crippen MR) is 121 cm³/mol. The first kappa shape index (κ1) is 23.2. The molecule has 1 aliphatic heterocycles. The summed E-state index contributed by atoms with van der Waals surface area (Å²) in [5.41, 5.74) is 1.28. The van der Waals surface area contributed by atoms with Crippen LogP contribution in [0.2, 0.25) is 0 Å². The van der Waals surface area contributed by atoms with Crippen LogP contribution in [0.25, 0.3) is 0 Å². The minimum atomic E-state index is 0.264. The van der Waals surface area contributed by atoms with Crippen LogP contribution in [0.5, 0.6) is 0 Å². The highest BCUT2D eigenvalue weighted by molar-refractivity contribution is 5.80. The molecule has 2 rings (SSSR count). The standard InChI is InChI=1S/C23H39N5O/c1-18(2)13-21(27(4)5)16-26-23(24-3)25-15-20-14-22(29)28(17-20)12-11-19-9-7-6-8-10-19/h6-10,18,20-21H,11-17H2,1-5H3,(H2,24,25,26). The van der Waals surface area contributed by atoms with E-state index in [2.05, 4.69) is 72.7 Å². The molecule has 0 aliphatic carbocycles. The van der Waals surface area contributed by atoms with E-state index in [9.17, 15) is 4.79 Å². The second kappa shape index (κ2) is 11.8. The lowest BCUT2D eigenvalue weighted by atomic mass is 10.0. The van der Waals surface area contributed by atoms with Gasteiger partial charge in [-0.05, 0) is 38.4 Å². The number of carbonyl (C=O) groups excluding carboxylic acids is 1. The molecule has 6 heteroatoms. The smallest absolute Gasteiger partial charge is 0.223 e. The molecule has 0 saturated carbocycles. The minimum Gasteiger partial charge on any atom is -0.356 e. The topological polar surface area (TPSA) is 60.0 Å². The summed E-state index contributed by atoms with van der Waals surface area (Å²) >= 11 is 0. The Bertz CT molecular complexity index is 644. The number of hydrogen-bond donors (Lipinski definition) is 2. The Balaban J connectivity index is 1.74. The molecule has 6 nitrogen and oxygen atoms in total. The number of rotatable bonds is 10. The van der Waals surface area contributed by atoms with E-state index in [1.54, 1.807) is 7.05 Å². The summed E-state index contributed by atoms with van der Waals surface area (Å²) in [6, 6.07) is 10.8. The molecule has 2 atom stereocenters. The van der Waals surface area contributed by atoms with Crippen molar-refractivity contribution in [3.63, 3.8) is 0 Å². The average molecular weight is 402 g/mol. The van der Waals surface area contributed by atoms with Crippen molar-refractivity contribution in [1.82, 2.24) is 20.4 Å². The lowest BCUT2D eigenvalue weighted by Crippen LogP contribution is -2.46. The molecule has 29 heavy (non-hydrogen) atoms. The molecule has 1 heterocycles. The molecule has 0 bridgehead atoms.